The van der Waals surface area contributed by atoms with Crippen LogP contribution in [0.15, 0.2) is 42.5 Å². The van der Waals surface area contributed by atoms with Crippen LogP contribution in [0.25, 0.3) is 0 Å². The zero-order valence-corrected chi connectivity index (χ0v) is 22.9. The van der Waals surface area contributed by atoms with Crippen LogP contribution in [0.2, 0.25) is 0 Å². The van der Waals surface area contributed by atoms with E-state index in [4.69, 9.17) is 18.9 Å². The van der Waals surface area contributed by atoms with Gasteiger partial charge in [0.2, 0.25) is 0 Å². The summed E-state index contributed by atoms with van der Waals surface area (Å²) in [5.74, 6) is 1.80. The normalized spacial score (nSPS) is 15.6. The second kappa shape index (κ2) is 12.7. The number of likely N-dealkylation sites (N-methyl/N-ethyl adjacent to an activating group) is 1. The predicted octanol–water partition coefficient (Wildman–Crippen LogP) is 5.07. The van der Waals surface area contributed by atoms with Crippen molar-refractivity contribution in [3.63, 3.8) is 0 Å². The third-order valence-electron chi connectivity index (χ3n) is 6.48. The maximum atomic E-state index is 12.8. The van der Waals surface area contributed by atoms with Crippen LogP contribution < -0.4 is 14.2 Å². The molecule has 0 spiro atoms. The van der Waals surface area contributed by atoms with E-state index >= 15 is 0 Å². The maximum Gasteiger partial charge on any atom is 0.349 e. The summed E-state index contributed by atoms with van der Waals surface area (Å²) in [5, 5.41) is 0. The first-order valence-corrected chi connectivity index (χ1v) is 12.9. The first-order valence-electron chi connectivity index (χ1n) is 12.9. The molecule has 2 aromatic rings. The average molecular weight is 513 g/mol. The van der Waals surface area contributed by atoms with E-state index in [2.05, 4.69) is 6.92 Å². The van der Waals surface area contributed by atoms with Crippen molar-refractivity contribution in [1.82, 2.24) is 9.80 Å². The Morgan fingerprint density at radius 1 is 1.08 bits per heavy atom. The number of esters is 1. The van der Waals surface area contributed by atoms with E-state index in [1.54, 1.807) is 32.8 Å². The minimum Gasteiger partial charge on any atom is -0.497 e. The second-order valence-electron chi connectivity index (χ2n) is 9.77. The van der Waals surface area contributed by atoms with Crippen molar-refractivity contribution >= 4 is 12.0 Å². The number of methoxy groups -OCH3 is 1. The Bertz CT molecular complexity index is 1050. The summed E-state index contributed by atoms with van der Waals surface area (Å²) in [5.41, 5.74) is 1.01. The highest BCUT2D eigenvalue weighted by Gasteiger charge is 2.34. The number of rotatable bonds is 13. The van der Waals surface area contributed by atoms with Crippen LogP contribution in [-0.2, 0) is 22.5 Å². The molecule has 0 aromatic heterocycles. The molecule has 1 fully saturated rings. The lowest BCUT2D eigenvalue weighted by Crippen LogP contribution is -2.39. The molecular weight excluding hydrogens is 472 g/mol. The number of hydrogen-bond acceptors (Lipinski definition) is 6. The summed E-state index contributed by atoms with van der Waals surface area (Å²) in [4.78, 5) is 28.7. The lowest BCUT2D eigenvalue weighted by atomic mass is 10.1. The van der Waals surface area contributed by atoms with E-state index < -0.39 is 11.6 Å². The fourth-order valence-electron chi connectivity index (χ4n) is 4.37. The number of amides is 2. The quantitative estimate of drug-likeness (QED) is 0.349. The second-order valence-corrected chi connectivity index (χ2v) is 9.77. The maximum absolute atomic E-state index is 12.8. The number of ether oxygens (including phenoxy) is 4. The van der Waals surface area contributed by atoms with Gasteiger partial charge in [-0.15, -0.1) is 0 Å². The third kappa shape index (κ3) is 7.31. The molecule has 1 atom stereocenters. The highest BCUT2D eigenvalue weighted by molar-refractivity contribution is 5.79. The van der Waals surface area contributed by atoms with E-state index in [-0.39, 0.29) is 12.1 Å². The van der Waals surface area contributed by atoms with Crippen molar-refractivity contribution in [3.05, 3.63) is 53.6 Å². The highest BCUT2D eigenvalue weighted by atomic mass is 16.6. The summed E-state index contributed by atoms with van der Waals surface area (Å²) >= 11 is 0. The summed E-state index contributed by atoms with van der Waals surface area (Å²) in [6.45, 7) is 9.30. The van der Waals surface area contributed by atoms with Crippen molar-refractivity contribution in [2.24, 2.45) is 0 Å². The van der Waals surface area contributed by atoms with Crippen LogP contribution in [0.4, 0.5) is 4.79 Å². The number of nitrogens with zero attached hydrogens (tertiary/aromatic N) is 2. The van der Waals surface area contributed by atoms with Gasteiger partial charge in [-0.3, -0.25) is 0 Å². The van der Waals surface area contributed by atoms with Crippen LogP contribution in [0.5, 0.6) is 17.2 Å². The number of aryl methyl sites for hydroxylation is 1. The Labute approximate surface area is 220 Å². The van der Waals surface area contributed by atoms with Gasteiger partial charge in [-0.2, -0.15) is 0 Å². The van der Waals surface area contributed by atoms with E-state index in [1.807, 2.05) is 54.4 Å². The zero-order valence-electron chi connectivity index (χ0n) is 22.9. The highest BCUT2D eigenvalue weighted by Crippen LogP contribution is 2.29. The first kappa shape index (κ1) is 28.2. The SMILES string of the molecule is CCCc1cc(OC(C)(C)C(=O)OCC)ccc1OCCC1CN(Cc2ccc(OC)cc2)C(=O)N1C. The van der Waals surface area contributed by atoms with Crippen LogP contribution in [-0.4, -0.2) is 67.4 Å². The number of carbonyl (C=O) groups is 2. The van der Waals surface area contributed by atoms with Gasteiger partial charge >= 0.3 is 12.0 Å². The first-order chi connectivity index (χ1) is 17.7. The molecule has 8 heteroatoms. The van der Waals surface area contributed by atoms with Gasteiger partial charge in [0.1, 0.15) is 17.2 Å². The number of benzene rings is 2. The molecule has 3 rings (SSSR count). The molecule has 2 aromatic carbocycles. The van der Waals surface area contributed by atoms with Crippen molar-refractivity contribution in [2.45, 2.75) is 65.1 Å². The molecule has 1 aliphatic rings. The van der Waals surface area contributed by atoms with Gasteiger partial charge in [-0.1, -0.05) is 25.5 Å². The van der Waals surface area contributed by atoms with Gasteiger partial charge in [0.05, 0.1) is 26.4 Å². The van der Waals surface area contributed by atoms with E-state index in [9.17, 15) is 9.59 Å². The molecule has 2 amide bonds. The van der Waals surface area contributed by atoms with Gasteiger partial charge < -0.3 is 28.7 Å². The molecule has 1 saturated heterocycles. The zero-order chi connectivity index (χ0) is 27.0. The molecule has 1 aliphatic heterocycles. The number of urea groups is 1. The van der Waals surface area contributed by atoms with Crippen LogP contribution >= 0.6 is 0 Å². The molecule has 0 N–H and O–H groups in total. The number of carbonyl (C=O) groups excluding carboxylic acids is 2. The van der Waals surface area contributed by atoms with Gasteiger partial charge in [0.25, 0.3) is 0 Å². The molecule has 0 bridgehead atoms. The molecule has 0 aliphatic carbocycles. The van der Waals surface area contributed by atoms with Crippen LogP contribution in [0.1, 0.15) is 51.7 Å². The molecule has 1 heterocycles. The van der Waals surface area contributed by atoms with E-state index in [0.29, 0.717) is 32.1 Å². The minimum atomic E-state index is -1.08. The van der Waals surface area contributed by atoms with Crippen molar-refractivity contribution < 1.29 is 28.5 Å². The van der Waals surface area contributed by atoms with Crippen molar-refractivity contribution in [2.75, 3.05) is 33.9 Å². The number of hydrogen-bond donors (Lipinski definition) is 0. The molecule has 202 valence electrons. The average Bonchev–Trinajstić information content (AvgIpc) is 3.13. The van der Waals surface area contributed by atoms with Crippen LogP contribution in [0, 0.1) is 0 Å². The van der Waals surface area contributed by atoms with Gasteiger partial charge in [0.15, 0.2) is 5.60 Å². The molecule has 0 radical (unpaired) electrons. The fraction of sp³-hybridized carbons (Fsp3) is 0.517. The lowest BCUT2D eigenvalue weighted by molar-refractivity contribution is -0.158. The Balaban J connectivity index is 1.58. The summed E-state index contributed by atoms with van der Waals surface area (Å²) in [7, 11) is 3.49. The van der Waals surface area contributed by atoms with E-state index in [0.717, 1.165) is 41.9 Å². The van der Waals surface area contributed by atoms with Gasteiger partial charge in [-0.05, 0) is 68.7 Å². The van der Waals surface area contributed by atoms with Gasteiger partial charge in [0, 0.05) is 26.6 Å². The molecule has 0 saturated carbocycles. The predicted molar refractivity (Wildman–Crippen MR) is 142 cm³/mol. The molecule has 37 heavy (non-hydrogen) atoms. The fourth-order valence-corrected chi connectivity index (χ4v) is 4.37. The minimum absolute atomic E-state index is 0.0261. The molecule has 1 unspecified atom stereocenters. The topological polar surface area (TPSA) is 77.5 Å². The largest absolute Gasteiger partial charge is 0.497 e. The summed E-state index contributed by atoms with van der Waals surface area (Å²) in [6, 6.07) is 13.5. The smallest absolute Gasteiger partial charge is 0.349 e. The summed E-state index contributed by atoms with van der Waals surface area (Å²) < 4.78 is 22.5. The van der Waals surface area contributed by atoms with E-state index in [1.165, 1.54) is 0 Å². The standard InChI is InChI=1S/C29H40N2O6/c1-7-9-22-18-25(37-29(3,4)27(32)35-8-2)14-15-26(22)36-17-16-23-20-31(28(33)30(23)5)19-21-10-12-24(34-6)13-11-21/h10-15,18,23H,7-9,16-17,19-20H2,1-6H3. The van der Waals surface area contributed by atoms with Crippen molar-refractivity contribution in [1.29, 1.82) is 0 Å². The Morgan fingerprint density at radius 3 is 2.43 bits per heavy atom. The van der Waals surface area contributed by atoms with Crippen LogP contribution in [0.3, 0.4) is 0 Å². The third-order valence-corrected chi connectivity index (χ3v) is 6.48. The lowest BCUT2D eigenvalue weighted by Gasteiger charge is -2.25. The Hall–Kier alpha value is -3.42. The molecular formula is C29H40N2O6. The Kier molecular flexibility index (Phi) is 9.66. The summed E-state index contributed by atoms with van der Waals surface area (Å²) in [6.07, 6.45) is 2.49. The van der Waals surface area contributed by atoms with Crippen molar-refractivity contribution in [3.8, 4) is 17.2 Å². The Morgan fingerprint density at radius 2 is 1.78 bits per heavy atom. The van der Waals surface area contributed by atoms with Gasteiger partial charge in [-0.25, -0.2) is 9.59 Å². The molecule has 8 nitrogen and oxygen atoms in total. The monoisotopic (exact) mass is 512 g/mol.